The second kappa shape index (κ2) is 10.4. The summed E-state index contributed by atoms with van der Waals surface area (Å²) in [7, 11) is 3.51. The number of imidazole rings is 1. The van der Waals surface area contributed by atoms with E-state index in [1.807, 2.05) is 17.7 Å². The molecule has 2 N–H and O–H groups in total. The molecule has 0 aromatic carbocycles. The number of amides is 1. The molecule has 1 amide bonds. The molecule has 4 rings (SSSR count). The minimum atomic E-state index is -0.227. The fraction of sp³-hybridized carbons (Fsp3) is 0.480. The number of pyridine rings is 1. The largest absolute Gasteiger partial charge is 0.354 e. The van der Waals surface area contributed by atoms with E-state index in [2.05, 4.69) is 32.6 Å². The molecular weight excluding hydrogens is 444 g/mol. The van der Waals surface area contributed by atoms with Gasteiger partial charge in [-0.1, -0.05) is 6.08 Å². The Bertz CT molecular complexity index is 1190. The number of hydrogen-bond donors (Lipinski definition) is 2. The highest BCUT2D eigenvalue weighted by Gasteiger charge is 2.43. The molecule has 0 bridgehead atoms. The first kappa shape index (κ1) is 24.6. The van der Waals surface area contributed by atoms with E-state index in [9.17, 15) is 9.59 Å². The summed E-state index contributed by atoms with van der Waals surface area (Å²) in [6.07, 6.45) is 12.2. The lowest BCUT2D eigenvalue weighted by Gasteiger charge is -2.36. The zero-order chi connectivity index (χ0) is 25.1. The molecule has 2 heterocycles. The van der Waals surface area contributed by atoms with Gasteiger partial charge in [-0.15, -0.1) is 0 Å². The Morgan fingerprint density at radius 1 is 1.29 bits per heavy atom. The van der Waals surface area contributed by atoms with Gasteiger partial charge in [0.25, 0.3) is 5.91 Å². The highest BCUT2D eigenvalue weighted by atomic mass is 16.2. The Balaban J connectivity index is 1.87. The van der Waals surface area contributed by atoms with Crippen molar-refractivity contribution in [3.63, 3.8) is 0 Å². The van der Waals surface area contributed by atoms with Crippen LogP contribution >= 0.6 is 0 Å². The van der Waals surface area contributed by atoms with Gasteiger partial charge in [-0.3, -0.25) is 14.6 Å². The molecule has 10 nitrogen and oxygen atoms in total. The summed E-state index contributed by atoms with van der Waals surface area (Å²) in [6.45, 7) is 6.44. The average Bonchev–Trinajstić information content (AvgIpc) is 3.79. The minimum absolute atomic E-state index is 0.227. The third-order valence-corrected chi connectivity index (χ3v) is 6.21. The van der Waals surface area contributed by atoms with Crippen LogP contribution in [0, 0.1) is 0 Å². The molecule has 0 radical (unpaired) electrons. The second-order valence-electron chi connectivity index (χ2n) is 8.88. The number of carbonyl (C=O) groups is 2. The van der Waals surface area contributed by atoms with E-state index in [-0.39, 0.29) is 5.91 Å². The molecule has 35 heavy (non-hydrogen) atoms. The van der Waals surface area contributed by atoms with Crippen LogP contribution in [0.15, 0.2) is 29.2 Å². The molecule has 10 heteroatoms. The normalized spacial score (nSPS) is 16.9. The van der Waals surface area contributed by atoms with E-state index in [0.717, 1.165) is 29.7 Å². The highest BCUT2D eigenvalue weighted by Crippen LogP contribution is 2.42. The Hall–Kier alpha value is -3.53. The Labute approximate surface area is 205 Å². The first-order valence-electron chi connectivity index (χ1n) is 12.2. The summed E-state index contributed by atoms with van der Waals surface area (Å²) in [4.78, 5) is 37.7. The van der Waals surface area contributed by atoms with E-state index in [0.29, 0.717) is 35.0 Å². The van der Waals surface area contributed by atoms with Gasteiger partial charge < -0.3 is 15.2 Å². The number of hydrogen-bond acceptors (Lipinski definition) is 7. The van der Waals surface area contributed by atoms with Gasteiger partial charge in [0.05, 0.1) is 11.8 Å². The number of nitrogens with zero attached hydrogens (tertiary/aromatic N) is 6. The van der Waals surface area contributed by atoms with Crippen LogP contribution in [0.2, 0.25) is 0 Å². The van der Waals surface area contributed by atoms with Crippen molar-refractivity contribution in [3.05, 3.63) is 29.7 Å². The number of likely N-dealkylation sites (N-methyl/N-ethyl adjacent to an activating group) is 1. The molecule has 186 valence electrons. The molecule has 2 saturated carbocycles. The fourth-order valence-electron chi connectivity index (χ4n) is 4.36. The Morgan fingerprint density at radius 3 is 2.51 bits per heavy atom. The number of carbonyl (C=O) groups excluding carboxylic acids is 2. The SMILES string of the molecule is C/C=C(\N/C(C)=N/c1nc(N(CC)N(C2CC2)C2CC2)c(/C=C/C=O)c2c1ncn2C)C(=O)NC. The number of rotatable bonds is 10. The number of aldehydes is 1. The van der Waals surface area contributed by atoms with E-state index in [1.165, 1.54) is 31.8 Å². The number of anilines is 1. The maximum Gasteiger partial charge on any atom is 0.267 e. The molecule has 2 aliphatic rings. The second-order valence-corrected chi connectivity index (χ2v) is 8.88. The first-order chi connectivity index (χ1) is 16.9. The van der Waals surface area contributed by atoms with Crippen LogP contribution in [0.25, 0.3) is 17.1 Å². The number of amidine groups is 1. The van der Waals surface area contributed by atoms with E-state index in [4.69, 9.17) is 9.98 Å². The van der Waals surface area contributed by atoms with Crippen LogP contribution in [-0.2, 0) is 16.6 Å². The summed E-state index contributed by atoms with van der Waals surface area (Å²) < 4.78 is 1.93. The van der Waals surface area contributed by atoms with E-state index >= 15 is 0 Å². The number of allylic oxidation sites excluding steroid dienone is 2. The van der Waals surface area contributed by atoms with Crippen LogP contribution in [-0.4, -0.2) is 63.2 Å². The summed E-state index contributed by atoms with van der Waals surface area (Å²) in [6, 6.07) is 1.05. The molecule has 2 aromatic heterocycles. The van der Waals surface area contributed by atoms with Gasteiger partial charge in [-0.2, -0.15) is 0 Å². The van der Waals surface area contributed by atoms with E-state index < -0.39 is 0 Å². The smallest absolute Gasteiger partial charge is 0.267 e. The van der Waals surface area contributed by atoms with Gasteiger partial charge in [0, 0.05) is 38.3 Å². The van der Waals surface area contributed by atoms with Crippen molar-refractivity contribution < 1.29 is 9.59 Å². The zero-order valence-corrected chi connectivity index (χ0v) is 21.1. The third kappa shape index (κ3) is 5.12. The molecule has 0 aliphatic heterocycles. The van der Waals surface area contributed by atoms with Crippen molar-refractivity contribution in [3.8, 4) is 0 Å². The molecule has 2 aromatic rings. The monoisotopic (exact) mass is 478 g/mol. The maximum atomic E-state index is 12.1. The van der Waals surface area contributed by atoms with Crippen LogP contribution in [0.1, 0.15) is 52.0 Å². The number of aryl methyl sites for hydroxylation is 1. The van der Waals surface area contributed by atoms with Crippen molar-refractivity contribution in [1.82, 2.24) is 30.2 Å². The molecule has 0 saturated heterocycles. The number of aliphatic imine (C=N–C) groups is 1. The summed E-state index contributed by atoms with van der Waals surface area (Å²) in [5, 5.41) is 10.4. The summed E-state index contributed by atoms with van der Waals surface area (Å²) in [5.74, 6) is 1.51. The molecule has 2 fully saturated rings. The van der Waals surface area contributed by atoms with Gasteiger partial charge in [0.1, 0.15) is 23.3 Å². The van der Waals surface area contributed by atoms with Crippen LogP contribution in [0.3, 0.4) is 0 Å². The number of hydrazine groups is 1. The topological polar surface area (TPSA) is 108 Å². The number of aromatic nitrogens is 3. The molecule has 0 spiro atoms. The lowest BCUT2D eigenvalue weighted by molar-refractivity contribution is -0.117. The van der Waals surface area contributed by atoms with Gasteiger partial charge >= 0.3 is 0 Å². The van der Waals surface area contributed by atoms with Crippen molar-refractivity contribution in [2.45, 2.75) is 58.5 Å². The first-order valence-corrected chi connectivity index (χ1v) is 12.2. The fourth-order valence-corrected chi connectivity index (χ4v) is 4.36. The lowest BCUT2D eigenvalue weighted by atomic mass is 10.1. The average molecular weight is 479 g/mol. The van der Waals surface area contributed by atoms with Crippen LogP contribution < -0.4 is 15.6 Å². The maximum absolute atomic E-state index is 12.1. The minimum Gasteiger partial charge on any atom is -0.354 e. The Morgan fingerprint density at radius 2 is 1.97 bits per heavy atom. The van der Waals surface area contributed by atoms with Crippen LogP contribution in [0.4, 0.5) is 11.6 Å². The van der Waals surface area contributed by atoms with Crippen molar-refractivity contribution in [2.24, 2.45) is 12.0 Å². The molecule has 0 atom stereocenters. The molecular formula is C25H34N8O2. The van der Waals surface area contributed by atoms with E-state index in [1.54, 1.807) is 33.3 Å². The molecule has 2 aliphatic carbocycles. The quantitative estimate of drug-likeness (QED) is 0.178. The van der Waals surface area contributed by atoms with Crippen LogP contribution in [0.5, 0.6) is 0 Å². The predicted molar refractivity (Wildman–Crippen MR) is 138 cm³/mol. The van der Waals surface area contributed by atoms with Crippen molar-refractivity contribution in [2.75, 3.05) is 18.6 Å². The van der Waals surface area contributed by atoms with Crippen molar-refractivity contribution >= 4 is 46.8 Å². The standard InChI is InChI=1S/C25H34N8O2/c1-6-20(25(35)26-4)28-16(3)29-23-21-22(31(5)15-27-21)19(9-8-14-34)24(30-23)32(7-2)33(17-10-11-17)18-12-13-18/h6,8-9,14-15,17-18H,7,10-13H2,1-5H3,(H,26,35)(H,28,29,30)/b9-8+,20-6-. The zero-order valence-electron chi connectivity index (χ0n) is 21.1. The Kier molecular flexibility index (Phi) is 7.30. The third-order valence-electron chi connectivity index (χ3n) is 6.21. The van der Waals surface area contributed by atoms with Gasteiger partial charge in [-0.05, 0) is 58.6 Å². The highest BCUT2D eigenvalue weighted by molar-refractivity contribution is 6.01. The van der Waals surface area contributed by atoms with Gasteiger partial charge in [0.2, 0.25) is 0 Å². The van der Waals surface area contributed by atoms with Gasteiger partial charge in [-0.25, -0.2) is 20.0 Å². The van der Waals surface area contributed by atoms with Gasteiger partial charge in [0.15, 0.2) is 11.6 Å². The summed E-state index contributed by atoms with van der Waals surface area (Å²) in [5.41, 5.74) is 2.72. The number of nitrogens with one attached hydrogen (secondary N) is 2. The predicted octanol–water partition coefficient (Wildman–Crippen LogP) is 2.84. The lowest BCUT2D eigenvalue weighted by Crippen LogP contribution is -2.46. The molecule has 0 unspecified atom stereocenters. The number of fused-ring (bicyclic) bond motifs is 1. The van der Waals surface area contributed by atoms with Crippen molar-refractivity contribution in [1.29, 1.82) is 0 Å². The summed E-state index contributed by atoms with van der Waals surface area (Å²) >= 11 is 0.